The molecule has 226 valence electrons. The Bertz CT molecular complexity index is 1650. The smallest absolute Gasteiger partial charge is 0.416 e. The summed E-state index contributed by atoms with van der Waals surface area (Å²) in [6, 6.07) is 6.66. The molecule has 43 heavy (non-hydrogen) atoms. The van der Waals surface area contributed by atoms with E-state index in [0.29, 0.717) is 43.8 Å². The highest BCUT2D eigenvalue weighted by molar-refractivity contribution is 5.95. The van der Waals surface area contributed by atoms with Crippen LogP contribution in [-0.2, 0) is 24.4 Å². The average molecular weight is 594 g/mol. The molecule has 3 aliphatic heterocycles. The Balaban J connectivity index is 1.10. The lowest BCUT2D eigenvalue weighted by atomic mass is 9.51. The van der Waals surface area contributed by atoms with E-state index in [1.807, 2.05) is 13.0 Å². The van der Waals surface area contributed by atoms with Crippen molar-refractivity contribution in [2.45, 2.75) is 49.9 Å². The first-order valence-electron chi connectivity index (χ1n) is 15.0. The number of pyridine rings is 1. The first-order valence-corrected chi connectivity index (χ1v) is 15.0. The van der Waals surface area contributed by atoms with Crippen LogP contribution in [0.4, 0.5) is 19.0 Å². The van der Waals surface area contributed by atoms with E-state index in [4.69, 9.17) is 9.47 Å². The van der Waals surface area contributed by atoms with Crippen molar-refractivity contribution in [2.24, 2.45) is 5.92 Å². The third-order valence-electron chi connectivity index (χ3n) is 10.9. The Hall–Kier alpha value is -3.73. The maximum atomic E-state index is 14.0. The summed E-state index contributed by atoms with van der Waals surface area (Å²) in [5.41, 5.74) is 5.48. The largest absolute Gasteiger partial charge is 0.493 e. The van der Waals surface area contributed by atoms with Gasteiger partial charge in [-0.05, 0) is 80.6 Å². The highest BCUT2D eigenvalue weighted by Crippen LogP contribution is 2.67. The number of anilines is 1. The molecule has 2 aliphatic carbocycles. The van der Waals surface area contributed by atoms with Gasteiger partial charge in [0.05, 0.1) is 18.4 Å². The quantitative estimate of drug-likeness (QED) is 0.482. The molecule has 5 heterocycles. The van der Waals surface area contributed by atoms with Gasteiger partial charge in [-0.15, -0.1) is 0 Å². The fourth-order valence-electron chi connectivity index (χ4n) is 8.72. The maximum Gasteiger partial charge on any atom is 0.416 e. The van der Waals surface area contributed by atoms with Crippen LogP contribution in [-0.4, -0.2) is 78.6 Å². The first kappa shape index (κ1) is 26.9. The lowest BCUT2D eigenvalue weighted by molar-refractivity contribution is -0.137. The van der Waals surface area contributed by atoms with E-state index < -0.39 is 11.7 Å². The van der Waals surface area contributed by atoms with E-state index in [1.165, 1.54) is 22.9 Å². The monoisotopic (exact) mass is 593 g/mol. The Morgan fingerprint density at radius 2 is 1.93 bits per heavy atom. The zero-order chi connectivity index (χ0) is 29.8. The predicted octanol–water partition coefficient (Wildman–Crippen LogP) is 4.51. The summed E-state index contributed by atoms with van der Waals surface area (Å²) in [6.07, 6.45) is -0.622. The number of hydrogen-bond acceptors (Lipinski definition) is 6. The van der Waals surface area contributed by atoms with Crippen LogP contribution in [0, 0.1) is 12.8 Å². The van der Waals surface area contributed by atoms with Crippen LogP contribution < -0.4 is 14.4 Å². The third-order valence-corrected chi connectivity index (χ3v) is 10.9. The molecule has 4 atom stereocenters. The summed E-state index contributed by atoms with van der Waals surface area (Å²) < 4.78 is 52.3. The lowest BCUT2D eigenvalue weighted by Crippen LogP contribution is -2.62. The van der Waals surface area contributed by atoms with Crippen LogP contribution in [0.5, 0.6) is 11.5 Å². The molecule has 8 rings (SSSR count). The van der Waals surface area contributed by atoms with E-state index in [-0.39, 0.29) is 23.2 Å². The molecule has 2 saturated heterocycles. The second kappa shape index (κ2) is 9.14. The second-order valence-electron chi connectivity index (χ2n) is 12.7. The minimum Gasteiger partial charge on any atom is -0.493 e. The number of methoxy groups -OCH3 is 1. The van der Waals surface area contributed by atoms with Gasteiger partial charge in [0.1, 0.15) is 17.6 Å². The van der Waals surface area contributed by atoms with Gasteiger partial charge in [-0.25, -0.2) is 4.98 Å². The molecular formula is C32H34F3N5O3. The first-order chi connectivity index (χ1) is 20.6. The number of benzene rings is 1. The molecule has 1 unspecified atom stereocenters. The van der Waals surface area contributed by atoms with Gasteiger partial charge in [0.15, 0.2) is 11.5 Å². The number of aromatic nitrogens is 2. The number of nitrogens with one attached hydrogen (secondary N) is 1. The fraction of sp³-hybridized carbons (Fsp3) is 0.500. The number of nitrogens with zero attached hydrogens (tertiary/aromatic N) is 4. The van der Waals surface area contributed by atoms with Gasteiger partial charge in [0.2, 0.25) is 0 Å². The SMILES string of the molecule is COc1ccc2c3c1O[C@H]1c4[nH]c(C(=O)N5CCN(c6cc(C(F)(F)F)ccn6)CC5)c(C)c4CC4[C@H](C2)N(C)CC[C@@]341. The number of fused-ring (bicyclic) bond motifs is 2. The molecule has 2 bridgehead atoms. The summed E-state index contributed by atoms with van der Waals surface area (Å²) in [5.74, 6) is 2.17. The van der Waals surface area contributed by atoms with Gasteiger partial charge in [-0.2, -0.15) is 13.2 Å². The van der Waals surface area contributed by atoms with E-state index >= 15 is 0 Å². The van der Waals surface area contributed by atoms with Gasteiger partial charge >= 0.3 is 6.18 Å². The molecule has 2 aromatic heterocycles. The number of carbonyl (C=O) groups excluding carboxylic acids is 1. The molecule has 0 saturated carbocycles. The van der Waals surface area contributed by atoms with E-state index in [2.05, 4.69) is 28.0 Å². The van der Waals surface area contributed by atoms with Gasteiger partial charge in [0.25, 0.3) is 5.91 Å². The van der Waals surface area contributed by atoms with Crippen LogP contribution in [0.1, 0.15) is 56.5 Å². The third kappa shape index (κ3) is 3.66. The number of carbonyl (C=O) groups is 1. The summed E-state index contributed by atoms with van der Waals surface area (Å²) in [6.45, 7) is 4.61. The molecule has 1 aromatic carbocycles. The highest BCUT2D eigenvalue weighted by atomic mass is 19.4. The number of alkyl halides is 3. The number of H-pyrrole nitrogens is 1. The topological polar surface area (TPSA) is 73.9 Å². The zero-order valence-corrected chi connectivity index (χ0v) is 24.4. The number of halogens is 3. The number of likely N-dealkylation sites (tertiary alicyclic amines) is 1. The van der Waals surface area contributed by atoms with Gasteiger partial charge in [-0.3, -0.25) is 4.79 Å². The molecular weight excluding hydrogens is 559 g/mol. The van der Waals surface area contributed by atoms with Crippen LogP contribution in [0.3, 0.4) is 0 Å². The fourth-order valence-corrected chi connectivity index (χ4v) is 8.72. The maximum absolute atomic E-state index is 14.0. The molecule has 5 aliphatic rings. The Labute approximate surface area is 247 Å². The molecule has 1 amide bonds. The number of likely N-dealkylation sites (N-methyl/N-ethyl adjacent to an activating group) is 1. The lowest BCUT2D eigenvalue weighted by Gasteiger charge is -2.57. The predicted molar refractivity (Wildman–Crippen MR) is 153 cm³/mol. The number of ether oxygens (including phenoxy) is 2. The van der Waals surface area contributed by atoms with E-state index in [1.54, 1.807) is 16.9 Å². The molecule has 0 radical (unpaired) electrons. The van der Waals surface area contributed by atoms with Crippen molar-refractivity contribution < 1.29 is 27.4 Å². The normalized spacial score (nSPS) is 27.4. The van der Waals surface area contributed by atoms with Crippen molar-refractivity contribution in [3.05, 3.63) is 69.7 Å². The zero-order valence-electron chi connectivity index (χ0n) is 24.4. The van der Waals surface area contributed by atoms with Crippen LogP contribution in [0.2, 0.25) is 0 Å². The van der Waals surface area contributed by atoms with Crippen molar-refractivity contribution >= 4 is 11.7 Å². The van der Waals surface area contributed by atoms with Crippen LogP contribution in [0.25, 0.3) is 0 Å². The van der Waals surface area contributed by atoms with Crippen molar-refractivity contribution in [3.63, 3.8) is 0 Å². The number of hydrogen-bond donors (Lipinski definition) is 1. The Kier molecular flexibility index (Phi) is 5.71. The molecule has 11 heteroatoms. The minimum atomic E-state index is -4.43. The Morgan fingerprint density at radius 1 is 1.14 bits per heavy atom. The number of aromatic amines is 1. The number of amides is 1. The highest BCUT2D eigenvalue weighted by Gasteiger charge is 2.65. The van der Waals surface area contributed by atoms with Crippen molar-refractivity contribution in [1.82, 2.24) is 19.8 Å². The standard InChI is InChI=1S/C32H34F3N5O3/c1-17-20-16-21-22-14-18-4-5-23(42-3)28-25(18)31(21,7-9-38(22)2)29(43-28)27(20)37-26(17)30(41)40-12-10-39(11-13-40)24-15-19(6-8-36-24)32(33,34)35/h4-6,8,15,21-22,29,37H,7,9-14,16H2,1-3H3/t21?,22-,29-,31-/m0/s1. The van der Waals surface area contributed by atoms with Crippen molar-refractivity contribution in [3.8, 4) is 11.5 Å². The second-order valence-corrected chi connectivity index (χ2v) is 12.7. The van der Waals surface area contributed by atoms with Gasteiger partial charge < -0.3 is 29.2 Å². The summed E-state index contributed by atoms with van der Waals surface area (Å²) in [7, 11) is 3.91. The van der Waals surface area contributed by atoms with Crippen molar-refractivity contribution in [1.29, 1.82) is 0 Å². The Morgan fingerprint density at radius 3 is 2.67 bits per heavy atom. The molecule has 2 fully saturated rings. The van der Waals surface area contributed by atoms with E-state index in [0.717, 1.165) is 60.7 Å². The number of piperidine rings is 1. The van der Waals surface area contributed by atoms with Gasteiger partial charge in [0, 0.05) is 49.4 Å². The number of rotatable bonds is 3. The average Bonchev–Trinajstić information content (AvgIpc) is 3.52. The molecule has 3 aromatic rings. The van der Waals surface area contributed by atoms with Gasteiger partial charge in [-0.1, -0.05) is 6.07 Å². The minimum absolute atomic E-state index is 0.0853. The molecule has 1 spiro atoms. The molecule has 8 nitrogen and oxygen atoms in total. The summed E-state index contributed by atoms with van der Waals surface area (Å²) in [5, 5.41) is 0. The van der Waals surface area contributed by atoms with Crippen molar-refractivity contribution in [2.75, 3.05) is 51.8 Å². The number of piperazine rings is 1. The summed E-state index contributed by atoms with van der Waals surface area (Å²) >= 11 is 0. The molecule has 1 N–H and O–H groups in total. The van der Waals surface area contributed by atoms with Crippen LogP contribution in [0.15, 0.2) is 30.5 Å². The van der Waals surface area contributed by atoms with Crippen LogP contribution >= 0.6 is 0 Å². The summed E-state index contributed by atoms with van der Waals surface area (Å²) in [4.78, 5) is 27.8. The van der Waals surface area contributed by atoms with E-state index in [9.17, 15) is 18.0 Å².